The van der Waals surface area contributed by atoms with E-state index in [9.17, 15) is 22.8 Å². The van der Waals surface area contributed by atoms with Gasteiger partial charge in [-0.2, -0.15) is 4.72 Å². The fourth-order valence-electron chi connectivity index (χ4n) is 1.87. The number of sulfonamides is 1. The van der Waals surface area contributed by atoms with Crippen molar-refractivity contribution < 1.29 is 27.5 Å². The highest BCUT2D eigenvalue weighted by Gasteiger charge is 2.31. The molecule has 2 atom stereocenters. The average molecular weight is 406 g/mol. The minimum atomic E-state index is -4.00. The molecule has 1 rings (SSSR count). The molecule has 1 aromatic rings. The van der Waals surface area contributed by atoms with Gasteiger partial charge in [-0.1, -0.05) is 25.4 Å². The van der Waals surface area contributed by atoms with Crippen LogP contribution in [0.3, 0.4) is 0 Å². The fourth-order valence-corrected chi connectivity index (χ4v) is 3.19. The number of esters is 1. The Morgan fingerprint density at radius 3 is 2.12 bits per heavy atom. The highest BCUT2D eigenvalue weighted by molar-refractivity contribution is 7.89. The van der Waals surface area contributed by atoms with Gasteiger partial charge in [-0.15, -0.1) is 0 Å². The molecule has 144 valence electrons. The van der Waals surface area contributed by atoms with Crippen molar-refractivity contribution in [2.45, 2.75) is 37.8 Å². The van der Waals surface area contributed by atoms with Crippen LogP contribution in [0.4, 0.5) is 4.79 Å². The van der Waals surface area contributed by atoms with Crippen LogP contribution >= 0.6 is 11.6 Å². The second kappa shape index (κ2) is 8.97. The maximum Gasteiger partial charge on any atom is 0.324 e. The van der Waals surface area contributed by atoms with Crippen LogP contribution in [-0.2, 0) is 24.3 Å². The molecule has 3 amide bonds. The summed E-state index contributed by atoms with van der Waals surface area (Å²) in [5.41, 5.74) is 4.87. The first kappa shape index (κ1) is 21.9. The molecule has 1 aromatic carbocycles. The number of hydrogen-bond acceptors (Lipinski definition) is 6. The maximum atomic E-state index is 12.3. The van der Waals surface area contributed by atoms with Gasteiger partial charge >= 0.3 is 12.0 Å². The number of nitrogens with two attached hydrogens (primary N) is 1. The van der Waals surface area contributed by atoms with Gasteiger partial charge in [0, 0.05) is 5.02 Å². The van der Waals surface area contributed by atoms with Gasteiger partial charge in [0.25, 0.3) is 5.91 Å². The van der Waals surface area contributed by atoms with Crippen molar-refractivity contribution in [3.05, 3.63) is 29.3 Å². The van der Waals surface area contributed by atoms with E-state index in [0.717, 1.165) is 0 Å². The molecule has 0 saturated carbocycles. The number of halogens is 1. The summed E-state index contributed by atoms with van der Waals surface area (Å²) in [5, 5.41) is 2.18. The van der Waals surface area contributed by atoms with E-state index in [0.29, 0.717) is 5.02 Å². The van der Waals surface area contributed by atoms with Gasteiger partial charge in [-0.25, -0.2) is 13.2 Å². The van der Waals surface area contributed by atoms with E-state index in [4.69, 9.17) is 22.1 Å². The second-order valence-corrected chi connectivity index (χ2v) is 7.90. The Bertz CT molecular complexity index is 779. The lowest BCUT2D eigenvalue weighted by Gasteiger charge is -2.22. The lowest BCUT2D eigenvalue weighted by molar-refractivity contribution is -0.159. The molecule has 9 nitrogen and oxygen atoms in total. The van der Waals surface area contributed by atoms with E-state index < -0.39 is 46.0 Å². The van der Waals surface area contributed by atoms with E-state index in [1.54, 1.807) is 13.8 Å². The smallest absolute Gasteiger partial charge is 0.324 e. The number of benzene rings is 1. The molecule has 0 aliphatic carbocycles. The summed E-state index contributed by atoms with van der Waals surface area (Å²) in [7, 11) is -4.00. The zero-order valence-electron chi connectivity index (χ0n) is 14.4. The number of hydrogen-bond donors (Lipinski definition) is 3. The van der Waals surface area contributed by atoms with E-state index in [-0.39, 0.29) is 4.90 Å². The summed E-state index contributed by atoms with van der Waals surface area (Å²) in [4.78, 5) is 34.7. The predicted octanol–water partition coefficient (Wildman–Crippen LogP) is 0.770. The lowest BCUT2D eigenvalue weighted by Crippen LogP contribution is -2.48. The van der Waals surface area contributed by atoms with Crippen LogP contribution in [0.5, 0.6) is 0 Å². The van der Waals surface area contributed by atoms with E-state index in [1.165, 1.54) is 31.2 Å². The number of nitrogens with one attached hydrogen (secondary N) is 2. The molecule has 11 heteroatoms. The molecule has 0 spiro atoms. The Morgan fingerprint density at radius 2 is 1.65 bits per heavy atom. The van der Waals surface area contributed by atoms with Crippen LogP contribution < -0.4 is 15.8 Å². The molecule has 26 heavy (non-hydrogen) atoms. The van der Waals surface area contributed by atoms with Crippen molar-refractivity contribution in [2.24, 2.45) is 11.7 Å². The Balaban J connectivity index is 2.83. The molecule has 0 saturated heterocycles. The largest absolute Gasteiger partial charge is 0.451 e. The average Bonchev–Trinajstić information content (AvgIpc) is 2.51. The number of urea groups is 1. The van der Waals surface area contributed by atoms with Crippen molar-refractivity contribution >= 4 is 39.5 Å². The van der Waals surface area contributed by atoms with Crippen LogP contribution in [0.2, 0.25) is 5.02 Å². The van der Waals surface area contributed by atoms with Crippen LogP contribution in [0.15, 0.2) is 29.2 Å². The third kappa shape index (κ3) is 6.28. The Kier molecular flexibility index (Phi) is 7.54. The molecule has 4 N–H and O–H groups in total. The summed E-state index contributed by atoms with van der Waals surface area (Å²) in [6.45, 7) is 4.43. The highest BCUT2D eigenvalue weighted by atomic mass is 35.5. The number of carbonyl (C=O) groups excluding carboxylic acids is 3. The number of carbonyl (C=O) groups is 3. The molecule has 0 radical (unpaired) electrons. The van der Waals surface area contributed by atoms with E-state index in [1.807, 2.05) is 5.32 Å². The van der Waals surface area contributed by atoms with Gasteiger partial charge in [-0.3, -0.25) is 14.9 Å². The summed E-state index contributed by atoms with van der Waals surface area (Å²) in [6, 6.07) is 2.97. The van der Waals surface area contributed by atoms with Crippen molar-refractivity contribution in [1.82, 2.24) is 10.0 Å². The number of ether oxygens (including phenoxy) is 1. The zero-order valence-corrected chi connectivity index (χ0v) is 15.9. The normalized spacial score (nSPS) is 13.7. The van der Waals surface area contributed by atoms with Crippen molar-refractivity contribution in [3.63, 3.8) is 0 Å². The molecule has 0 aliphatic rings. The van der Waals surface area contributed by atoms with Crippen molar-refractivity contribution in [3.8, 4) is 0 Å². The van der Waals surface area contributed by atoms with Crippen LogP contribution in [0.1, 0.15) is 20.8 Å². The minimum absolute atomic E-state index is 0.0894. The molecule has 0 bridgehead atoms. The summed E-state index contributed by atoms with van der Waals surface area (Å²) < 4.78 is 31.7. The first-order chi connectivity index (χ1) is 11.9. The first-order valence-corrected chi connectivity index (χ1v) is 9.39. The van der Waals surface area contributed by atoms with Gasteiger partial charge in [0.15, 0.2) is 6.10 Å². The third-order valence-corrected chi connectivity index (χ3v) is 4.97. The van der Waals surface area contributed by atoms with Gasteiger partial charge in [-0.05, 0) is 37.1 Å². The summed E-state index contributed by atoms with van der Waals surface area (Å²) in [6.07, 6.45) is -1.31. The zero-order chi connectivity index (χ0) is 20.1. The SMILES string of the molecule is CC(C)[C@@H](OC(=O)[C@H](C)NS(=O)(=O)c1ccc(Cl)cc1)C(=O)NC(N)=O. The van der Waals surface area contributed by atoms with E-state index in [2.05, 4.69) is 4.72 Å². The van der Waals surface area contributed by atoms with Crippen molar-refractivity contribution in [2.75, 3.05) is 0 Å². The van der Waals surface area contributed by atoms with E-state index >= 15 is 0 Å². The Labute approximate surface area is 156 Å². The van der Waals surface area contributed by atoms with Crippen LogP contribution in [0.25, 0.3) is 0 Å². The first-order valence-electron chi connectivity index (χ1n) is 7.52. The quantitative estimate of drug-likeness (QED) is 0.571. The van der Waals surface area contributed by atoms with Gasteiger partial charge in [0.05, 0.1) is 4.90 Å². The fraction of sp³-hybridized carbons (Fsp3) is 0.400. The Hall–Kier alpha value is -2.17. The molecule has 0 aromatic heterocycles. The lowest BCUT2D eigenvalue weighted by atomic mass is 10.1. The highest BCUT2D eigenvalue weighted by Crippen LogP contribution is 2.15. The number of imide groups is 1. The minimum Gasteiger partial charge on any atom is -0.451 e. The maximum absolute atomic E-state index is 12.3. The molecule has 0 heterocycles. The van der Waals surface area contributed by atoms with Crippen LogP contribution in [0, 0.1) is 5.92 Å². The van der Waals surface area contributed by atoms with Gasteiger partial charge < -0.3 is 10.5 Å². The summed E-state index contributed by atoms with van der Waals surface area (Å²) >= 11 is 5.71. The molecular weight excluding hydrogens is 386 g/mol. The van der Waals surface area contributed by atoms with Crippen LogP contribution in [-0.4, -0.2) is 38.5 Å². The number of amides is 3. The van der Waals surface area contributed by atoms with Gasteiger partial charge in [0.1, 0.15) is 6.04 Å². The summed E-state index contributed by atoms with van der Waals surface area (Å²) in [5.74, 6) is -2.35. The molecule has 0 aliphatic heterocycles. The number of primary amides is 1. The molecule has 0 fully saturated rings. The molecular formula is C15H20ClN3O6S. The van der Waals surface area contributed by atoms with Gasteiger partial charge in [0.2, 0.25) is 10.0 Å². The topological polar surface area (TPSA) is 145 Å². The predicted molar refractivity (Wildman–Crippen MR) is 93.7 cm³/mol. The standard InChI is InChI=1S/C15H20ClN3O6S/c1-8(2)12(13(20)18-15(17)22)25-14(21)9(3)19-26(23,24)11-6-4-10(16)5-7-11/h4-9,12,19H,1-3H3,(H3,17,18,20,22)/t9-,12+/m0/s1. The third-order valence-electron chi connectivity index (χ3n) is 3.16. The molecule has 0 unspecified atom stereocenters. The second-order valence-electron chi connectivity index (χ2n) is 5.75. The van der Waals surface area contributed by atoms with Crippen molar-refractivity contribution in [1.29, 1.82) is 0 Å². The number of rotatable bonds is 7. The Morgan fingerprint density at radius 1 is 1.12 bits per heavy atom. The monoisotopic (exact) mass is 405 g/mol.